The van der Waals surface area contributed by atoms with Crippen molar-refractivity contribution in [3.8, 4) is 5.75 Å². The number of fused-ring (bicyclic) bond motifs is 1. The van der Waals surface area contributed by atoms with Crippen LogP contribution in [-0.4, -0.2) is 24.0 Å². The third-order valence-corrected chi connectivity index (χ3v) is 2.59. The van der Waals surface area contributed by atoms with Crippen LogP contribution in [0.4, 0.5) is 11.4 Å². The van der Waals surface area contributed by atoms with Gasteiger partial charge in [-0.2, -0.15) is 0 Å². The Labute approximate surface area is 104 Å². The molecule has 0 fully saturated rings. The molecule has 4 N–H and O–H groups in total. The molecule has 0 aliphatic carbocycles. The number of ether oxygens (including phenoxy) is 1. The van der Waals surface area contributed by atoms with Gasteiger partial charge in [0.05, 0.1) is 11.7 Å². The molecule has 0 saturated heterocycles. The predicted molar refractivity (Wildman–Crippen MR) is 67.4 cm³/mol. The molecule has 0 bridgehead atoms. The Kier molecular flexibility index (Phi) is 3.20. The number of hydrogen-bond acceptors (Lipinski definition) is 4. The van der Waals surface area contributed by atoms with Crippen molar-refractivity contribution < 1.29 is 14.3 Å². The molecule has 2 rings (SSSR count). The average molecular weight is 249 g/mol. The van der Waals surface area contributed by atoms with E-state index in [-0.39, 0.29) is 11.8 Å². The summed E-state index contributed by atoms with van der Waals surface area (Å²) in [5, 5.41) is 5.35. The second kappa shape index (κ2) is 4.66. The zero-order valence-electron chi connectivity index (χ0n) is 10.2. The summed E-state index contributed by atoms with van der Waals surface area (Å²) in [6.45, 7) is 3.27. The number of amides is 2. The number of nitrogens with two attached hydrogens (primary N) is 1. The highest BCUT2D eigenvalue weighted by Gasteiger charge is 2.23. The first-order valence-electron chi connectivity index (χ1n) is 5.65. The van der Waals surface area contributed by atoms with Crippen molar-refractivity contribution in [2.45, 2.75) is 26.0 Å². The van der Waals surface area contributed by atoms with Gasteiger partial charge >= 0.3 is 0 Å². The molecule has 1 aliphatic heterocycles. The average Bonchev–Trinajstić information content (AvgIpc) is 2.31. The number of rotatable bonds is 2. The molecular formula is C12H15N3O3. The summed E-state index contributed by atoms with van der Waals surface area (Å²) in [5.41, 5.74) is 6.56. The summed E-state index contributed by atoms with van der Waals surface area (Å²) >= 11 is 0. The normalized spacial score (nSPS) is 19.3. The van der Waals surface area contributed by atoms with Crippen LogP contribution in [-0.2, 0) is 9.59 Å². The van der Waals surface area contributed by atoms with Crippen LogP contribution in [0.1, 0.15) is 13.8 Å². The Balaban J connectivity index is 2.20. The maximum atomic E-state index is 11.5. The van der Waals surface area contributed by atoms with Crippen molar-refractivity contribution in [1.29, 1.82) is 0 Å². The maximum absolute atomic E-state index is 11.5. The highest BCUT2D eigenvalue weighted by atomic mass is 16.5. The Bertz CT molecular complexity index is 499. The number of benzene rings is 1. The summed E-state index contributed by atoms with van der Waals surface area (Å²) in [4.78, 5) is 22.9. The first kappa shape index (κ1) is 12.4. The van der Waals surface area contributed by atoms with Crippen molar-refractivity contribution in [3.63, 3.8) is 0 Å². The molecule has 6 heteroatoms. The summed E-state index contributed by atoms with van der Waals surface area (Å²) < 4.78 is 5.40. The van der Waals surface area contributed by atoms with E-state index in [2.05, 4.69) is 10.6 Å². The van der Waals surface area contributed by atoms with E-state index in [1.165, 1.54) is 0 Å². The lowest BCUT2D eigenvalue weighted by Gasteiger charge is -2.23. The van der Waals surface area contributed by atoms with Crippen molar-refractivity contribution in [1.82, 2.24) is 0 Å². The van der Waals surface area contributed by atoms with Crippen LogP contribution in [0.3, 0.4) is 0 Å². The molecule has 1 aromatic rings. The minimum Gasteiger partial charge on any atom is -0.479 e. The molecule has 0 saturated carbocycles. The van der Waals surface area contributed by atoms with E-state index in [9.17, 15) is 9.59 Å². The van der Waals surface area contributed by atoms with E-state index < -0.39 is 12.1 Å². The number of carbonyl (C=O) groups is 2. The fraction of sp³-hybridized carbons (Fsp3) is 0.333. The van der Waals surface area contributed by atoms with Gasteiger partial charge in [-0.3, -0.25) is 9.59 Å². The molecule has 2 unspecified atom stereocenters. The molecule has 1 heterocycles. The number of nitrogens with one attached hydrogen (secondary N) is 2. The maximum Gasteiger partial charge on any atom is 0.265 e. The Morgan fingerprint density at radius 1 is 1.56 bits per heavy atom. The Hall–Kier alpha value is -2.08. The van der Waals surface area contributed by atoms with Gasteiger partial charge in [-0.15, -0.1) is 0 Å². The molecule has 1 aliphatic rings. The highest BCUT2D eigenvalue weighted by molar-refractivity contribution is 5.99. The van der Waals surface area contributed by atoms with E-state index in [0.717, 1.165) is 0 Å². The van der Waals surface area contributed by atoms with Crippen molar-refractivity contribution >= 4 is 23.2 Å². The topological polar surface area (TPSA) is 93.5 Å². The summed E-state index contributed by atoms with van der Waals surface area (Å²) in [6, 6.07) is 4.44. The number of carbonyl (C=O) groups excluding carboxylic acids is 2. The highest BCUT2D eigenvalue weighted by Crippen LogP contribution is 2.32. The van der Waals surface area contributed by atoms with Crippen LogP contribution in [0.25, 0.3) is 0 Å². The van der Waals surface area contributed by atoms with Crippen LogP contribution in [0.5, 0.6) is 5.75 Å². The first-order chi connectivity index (χ1) is 8.47. The minimum absolute atomic E-state index is 0.210. The molecular weight excluding hydrogens is 234 g/mol. The van der Waals surface area contributed by atoms with Crippen molar-refractivity contribution in [3.05, 3.63) is 18.2 Å². The molecule has 0 radical (unpaired) electrons. The van der Waals surface area contributed by atoms with Crippen molar-refractivity contribution in [2.75, 3.05) is 10.6 Å². The van der Waals surface area contributed by atoms with Crippen LogP contribution in [0.2, 0.25) is 0 Å². The zero-order chi connectivity index (χ0) is 13.3. The molecule has 18 heavy (non-hydrogen) atoms. The molecule has 2 atom stereocenters. The van der Waals surface area contributed by atoms with Gasteiger partial charge in [0.1, 0.15) is 5.75 Å². The van der Waals surface area contributed by atoms with Crippen molar-refractivity contribution in [2.24, 2.45) is 5.73 Å². The predicted octanol–water partition coefficient (Wildman–Crippen LogP) is 0.692. The fourth-order valence-corrected chi connectivity index (χ4v) is 1.54. The van der Waals surface area contributed by atoms with Crippen LogP contribution >= 0.6 is 0 Å². The van der Waals surface area contributed by atoms with E-state index in [1.807, 2.05) is 0 Å². The van der Waals surface area contributed by atoms with Gasteiger partial charge in [-0.25, -0.2) is 0 Å². The van der Waals surface area contributed by atoms with Gasteiger partial charge in [0.2, 0.25) is 5.91 Å². The van der Waals surface area contributed by atoms with Crippen LogP contribution < -0.4 is 21.1 Å². The molecule has 0 spiro atoms. The van der Waals surface area contributed by atoms with Crippen LogP contribution in [0.15, 0.2) is 18.2 Å². The molecule has 96 valence electrons. The van der Waals surface area contributed by atoms with Gasteiger partial charge < -0.3 is 21.1 Å². The number of anilines is 2. The monoisotopic (exact) mass is 249 g/mol. The van der Waals surface area contributed by atoms with E-state index in [4.69, 9.17) is 10.5 Å². The van der Waals surface area contributed by atoms with E-state index in [0.29, 0.717) is 17.1 Å². The van der Waals surface area contributed by atoms with Gasteiger partial charge in [0.25, 0.3) is 5.91 Å². The first-order valence-corrected chi connectivity index (χ1v) is 5.65. The molecule has 0 aromatic heterocycles. The van der Waals surface area contributed by atoms with Gasteiger partial charge in [0.15, 0.2) is 6.10 Å². The molecule has 6 nitrogen and oxygen atoms in total. The smallest absolute Gasteiger partial charge is 0.265 e. The Morgan fingerprint density at radius 3 is 2.94 bits per heavy atom. The van der Waals surface area contributed by atoms with E-state index in [1.54, 1.807) is 32.0 Å². The lowest BCUT2D eigenvalue weighted by molar-refractivity contribution is -0.122. The minimum atomic E-state index is -0.591. The standard InChI is InChI=1S/C12H15N3O3/c1-6(13)11(16)14-8-3-4-10-9(5-8)15-12(17)7(2)18-10/h3-7H,13H2,1-2H3,(H,14,16)(H,15,17). The van der Waals surface area contributed by atoms with Crippen LogP contribution in [0, 0.1) is 0 Å². The van der Waals surface area contributed by atoms with Gasteiger partial charge in [-0.05, 0) is 32.0 Å². The lowest BCUT2D eigenvalue weighted by atomic mass is 10.2. The van der Waals surface area contributed by atoms with Gasteiger partial charge in [0, 0.05) is 5.69 Å². The van der Waals surface area contributed by atoms with Gasteiger partial charge in [-0.1, -0.05) is 0 Å². The third-order valence-electron chi connectivity index (χ3n) is 2.59. The lowest BCUT2D eigenvalue weighted by Crippen LogP contribution is -2.35. The fourth-order valence-electron chi connectivity index (χ4n) is 1.54. The largest absolute Gasteiger partial charge is 0.479 e. The molecule has 2 amide bonds. The zero-order valence-corrected chi connectivity index (χ0v) is 10.2. The second-order valence-electron chi connectivity index (χ2n) is 4.24. The van der Waals surface area contributed by atoms with E-state index >= 15 is 0 Å². The Morgan fingerprint density at radius 2 is 2.28 bits per heavy atom. The molecule has 1 aromatic carbocycles. The summed E-state index contributed by atoms with van der Waals surface area (Å²) in [5.74, 6) is 0.0884. The summed E-state index contributed by atoms with van der Waals surface area (Å²) in [6.07, 6.45) is -0.512. The second-order valence-corrected chi connectivity index (χ2v) is 4.24. The number of hydrogen-bond donors (Lipinski definition) is 3. The quantitative estimate of drug-likeness (QED) is 0.719. The SMILES string of the molecule is CC(N)C(=O)Nc1ccc2c(c1)NC(=O)C(C)O2. The summed E-state index contributed by atoms with van der Waals surface area (Å²) in [7, 11) is 0. The third kappa shape index (κ3) is 2.43.